The van der Waals surface area contributed by atoms with E-state index < -0.39 is 6.09 Å². The van der Waals surface area contributed by atoms with Gasteiger partial charge < -0.3 is 25.0 Å². The zero-order chi connectivity index (χ0) is 25.5. The molecule has 3 aromatic rings. The van der Waals surface area contributed by atoms with Gasteiger partial charge in [0.1, 0.15) is 0 Å². The number of amides is 2. The van der Waals surface area contributed by atoms with E-state index in [1.165, 1.54) is 0 Å². The third-order valence-electron chi connectivity index (χ3n) is 6.26. The van der Waals surface area contributed by atoms with Crippen LogP contribution in [-0.2, 0) is 16.1 Å². The number of ether oxygens (including phenoxy) is 2. The average Bonchev–Trinajstić information content (AvgIpc) is 3.00. The van der Waals surface area contributed by atoms with Gasteiger partial charge in [-0.05, 0) is 49.1 Å². The van der Waals surface area contributed by atoms with E-state index in [1.54, 1.807) is 11.1 Å². The van der Waals surface area contributed by atoms with Crippen LogP contribution in [0.25, 0.3) is 0 Å². The molecule has 1 aliphatic rings. The summed E-state index contributed by atoms with van der Waals surface area (Å²) in [7, 11) is 2.00. The number of aryl methyl sites for hydroxylation is 1. The Bertz CT molecular complexity index is 1200. The number of fused-ring (bicyclic) bond motifs is 1. The van der Waals surface area contributed by atoms with Crippen molar-refractivity contribution < 1.29 is 19.1 Å². The predicted molar refractivity (Wildman–Crippen MR) is 139 cm³/mol. The number of carbonyl (C=O) groups is 2. The van der Waals surface area contributed by atoms with Gasteiger partial charge >= 0.3 is 6.09 Å². The van der Waals surface area contributed by atoms with Gasteiger partial charge in [-0.1, -0.05) is 42.5 Å². The lowest BCUT2D eigenvalue weighted by atomic mass is 10.0. The molecule has 0 bridgehead atoms. The van der Waals surface area contributed by atoms with Crippen LogP contribution in [0.5, 0.6) is 0 Å². The van der Waals surface area contributed by atoms with Gasteiger partial charge in [0.2, 0.25) is 0 Å². The van der Waals surface area contributed by atoms with E-state index in [4.69, 9.17) is 15.2 Å². The molecule has 1 aliphatic heterocycles. The van der Waals surface area contributed by atoms with Crippen LogP contribution in [-0.4, -0.2) is 43.7 Å². The molecule has 2 heterocycles. The van der Waals surface area contributed by atoms with Gasteiger partial charge in [-0.3, -0.25) is 9.78 Å². The third-order valence-corrected chi connectivity index (χ3v) is 6.26. The highest BCUT2D eigenvalue weighted by Gasteiger charge is 2.26. The lowest BCUT2D eigenvalue weighted by Gasteiger charge is -2.23. The van der Waals surface area contributed by atoms with E-state index >= 15 is 0 Å². The molecule has 0 radical (unpaired) electrons. The van der Waals surface area contributed by atoms with E-state index in [0.717, 1.165) is 28.2 Å². The molecular weight excluding hydrogens is 456 g/mol. The molecule has 2 amide bonds. The van der Waals surface area contributed by atoms with Gasteiger partial charge in [-0.15, -0.1) is 0 Å². The Balaban J connectivity index is 1.48. The number of nitrogens with zero attached hydrogens (tertiary/aromatic N) is 3. The van der Waals surface area contributed by atoms with Crippen LogP contribution in [0.15, 0.2) is 66.9 Å². The molecular formula is C28H32N4O4. The SMILES string of the molecule is Cc1cc2c(cn1)C(=O)N(c1cccc(COC(CCCOC(N)=O)c3ccccc3)c1)CCN2C. The van der Waals surface area contributed by atoms with Crippen molar-refractivity contribution in [3.63, 3.8) is 0 Å². The zero-order valence-electron chi connectivity index (χ0n) is 20.7. The molecule has 0 saturated heterocycles. The quantitative estimate of drug-likeness (QED) is 0.442. The summed E-state index contributed by atoms with van der Waals surface area (Å²) in [5.41, 5.74) is 10.3. The minimum Gasteiger partial charge on any atom is -0.450 e. The Kier molecular flexibility index (Phi) is 8.17. The maximum Gasteiger partial charge on any atom is 0.404 e. The molecule has 0 fully saturated rings. The molecule has 8 heteroatoms. The fraction of sp³-hybridized carbons (Fsp3) is 0.321. The average molecular weight is 489 g/mol. The van der Waals surface area contributed by atoms with Gasteiger partial charge in [-0.2, -0.15) is 0 Å². The molecule has 1 unspecified atom stereocenters. The Morgan fingerprint density at radius 2 is 1.92 bits per heavy atom. The Morgan fingerprint density at radius 3 is 2.69 bits per heavy atom. The van der Waals surface area contributed by atoms with Crippen LogP contribution >= 0.6 is 0 Å². The van der Waals surface area contributed by atoms with Gasteiger partial charge in [0.15, 0.2) is 0 Å². The summed E-state index contributed by atoms with van der Waals surface area (Å²) in [5.74, 6) is -0.0588. The number of rotatable bonds is 9. The predicted octanol–water partition coefficient (Wildman–Crippen LogP) is 4.62. The van der Waals surface area contributed by atoms with E-state index in [9.17, 15) is 9.59 Å². The van der Waals surface area contributed by atoms with Crippen LogP contribution in [0.4, 0.5) is 16.2 Å². The highest BCUT2D eigenvalue weighted by molar-refractivity contribution is 6.10. The summed E-state index contributed by atoms with van der Waals surface area (Å²) in [6, 6.07) is 19.8. The minimum absolute atomic E-state index is 0.0588. The monoisotopic (exact) mass is 488 g/mol. The topological polar surface area (TPSA) is 98.0 Å². The zero-order valence-corrected chi connectivity index (χ0v) is 20.7. The number of hydrogen-bond donors (Lipinski definition) is 1. The van der Waals surface area contributed by atoms with Crippen LogP contribution in [0.3, 0.4) is 0 Å². The van der Waals surface area contributed by atoms with Crippen molar-refractivity contribution in [1.29, 1.82) is 0 Å². The first-order chi connectivity index (χ1) is 17.4. The van der Waals surface area contributed by atoms with E-state index in [2.05, 4.69) is 9.88 Å². The van der Waals surface area contributed by atoms with Gasteiger partial charge in [0, 0.05) is 37.7 Å². The van der Waals surface area contributed by atoms with E-state index in [1.807, 2.05) is 74.6 Å². The number of aromatic nitrogens is 1. The van der Waals surface area contributed by atoms with Gasteiger partial charge in [-0.25, -0.2) is 4.79 Å². The largest absolute Gasteiger partial charge is 0.450 e. The van der Waals surface area contributed by atoms with Crippen molar-refractivity contribution in [1.82, 2.24) is 4.98 Å². The first-order valence-corrected chi connectivity index (χ1v) is 12.1. The summed E-state index contributed by atoms with van der Waals surface area (Å²) < 4.78 is 11.2. The van der Waals surface area contributed by atoms with Gasteiger partial charge in [0.25, 0.3) is 5.91 Å². The van der Waals surface area contributed by atoms with E-state index in [-0.39, 0.29) is 18.6 Å². The summed E-state index contributed by atoms with van der Waals surface area (Å²) in [5, 5.41) is 0. The molecule has 188 valence electrons. The normalized spacial score (nSPS) is 14.2. The lowest BCUT2D eigenvalue weighted by Crippen LogP contribution is -2.33. The van der Waals surface area contributed by atoms with Crippen molar-refractivity contribution in [2.75, 3.05) is 36.5 Å². The number of pyridine rings is 1. The molecule has 36 heavy (non-hydrogen) atoms. The maximum atomic E-state index is 13.4. The van der Waals surface area contributed by atoms with E-state index in [0.29, 0.717) is 38.1 Å². The standard InChI is InChI=1S/C28H32N4O4/c1-20-16-25-24(18-30-20)27(33)32(14-13-31(25)2)23-11-6-8-21(17-23)19-36-26(12-7-15-35-28(29)34)22-9-4-3-5-10-22/h3-6,8-11,16-18,26H,7,12-15,19H2,1-2H3,(H2,29,34). The number of carbonyl (C=O) groups excluding carboxylic acids is 2. The highest BCUT2D eigenvalue weighted by atomic mass is 16.5. The summed E-state index contributed by atoms with van der Waals surface area (Å²) in [4.78, 5) is 32.6. The number of primary amides is 1. The highest BCUT2D eigenvalue weighted by Crippen LogP contribution is 2.29. The van der Waals surface area contributed by atoms with Crippen LogP contribution in [0, 0.1) is 6.92 Å². The van der Waals surface area contributed by atoms with Crippen molar-refractivity contribution in [3.05, 3.63) is 89.2 Å². The first kappa shape index (κ1) is 25.2. The lowest BCUT2D eigenvalue weighted by molar-refractivity contribution is 0.0287. The summed E-state index contributed by atoms with van der Waals surface area (Å²) in [6.07, 6.45) is 2.04. The van der Waals surface area contributed by atoms with Crippen molar-refractivity contribution >= 4 is 23.4 Å². The van der Waals surface area contributed by atoms with Crippen molar-refractivity contribution in [3.8, 4) is 0 Å². The number of anilines is 2. The Morgan fingerprint density at radius 1 is 1.11 bits per heavy atom. The number of likely N-dealkylation sites (N-methyl/N-ethyl adjacent to an activating group) is 1. The summed E-state index contributed by atoms with van der Waals surface area (Å²) in [6.45, 7) is 3.84. The first-order valence-electron chi connectivity index (χ1n) is 12.1. The molecule has 2 aromatic carbocycles. The molecule has 2 N–H and O–H groups in total. The number of nitrogens with two attached hydrogens (primary N) is 1. The molecule has 1 atom stereocenters. The molecule has 4 rings (SSSR count). The van der Waals surface area contributed by atoms with Crippen LogP contribution in [0.2, 0.25) is 0 Å². The number of hydrogen-bond acceptors (Lipinski definition) is 6. The van der Waals surface area contributed by atoms with Gasteiger partial charge in [0.05, 0.1) is 30.6 Å². The molecule has 0 saturated carbocycles. The van der Waals surface area contributed by atoms with Crippen molar-refractivity contribution in [2.24, 2.45) is 5.73 Å². The third kappa shape index (κ3) is 6.20. The van der Waals surface area contributed by atoms with Crippen LogP contribution < -0.4 is 15.5 Å². The molecule has 0 spiro atoms. The minimum atomic E-state index is -0.771. The smallest absolute Gasteiger partial charge is 0.404 e. The van der Waals surface area contributed by atoms with Crippen LogP contribution in [0.1, 0.15) is 46.1 Å². The second-order valence-electron chi connectivity index (χ2n) is 8.91. The molecule has 8 nitrogen and oxygen atoms in total. The maximum absolute atomic E-state index is 13.4. The second-order valence-corrected chi connectivity index (χ2v) is 8.91. The molecule has 0 aliphatic carbocycles. The Labute approximate surface area is 211 Å². The fourth-order valence-electron chi connectivity index (χ4n) is 4.36. The fourth-order valence-corrected chi connectivity index (χ4v) is 4.36. The van der Waals surface area contributed by atoms with Crippen molar-refractivity contribution in [2.45, 2.75) is 32.5 Å². The second kappa shape index (κ2) is 11.7. The Hall–Kier alpha value is -3.91. The summed E-state index contributed by atoms with van der Waals surface area (Å²) >= 11 is 0. The molecule has 1 aromatic heterocycles. The number of benzene rings is 2.